The number of aromatic nitrogens is 2. The van der Waals surface area contributed by atoms with E-state index in [1.54, 1.807) is 10.9 Å². The molecule has 0 amide bonds. The van der Waals surface area contributed by atoms with Gasteiger partial charge >= 0.3 is 0 Å². The Morgan fingerprint density at radius 1 is 1.77 bits per heavy atom. The lowest BCUT2D eigenvalue weighted by Gasteiger charge is -2.02. The van der Waals surface area contributed by atoms with Crippen LogP contribution in [0.2, 0.25) is 0 Å². The number of hydrogen-bond donors (Lipinski definition) is 1. The first-order valence-corrected chi connectivity index (χ1v) is 4.32. The zero-order valence-electron chi connectivity index (χ0n) is 7.86. The Morgan fingerprint density at radius 3 is 3.15 bits per heavy atom. The summed E-state index contributed by atoms with van der Waals surface area (Å²) in [6.45, 7) is 7.64. The van der Waals surface area contributed by atoms with Gasteiger partial charge in [0.15, 0.2) is 0 Å². The van der Waals surface area contributed by atoms with E-state index in [0.717, 1.165) is 12.1 Å². The number of nitrogens with zero attached hydrogens (tertiary/aromatic N) is 2. The van der Waals surface area contributed by atoms with Crippen molar-refractivity contribution in [3.05, 3.63) is 24.5 Å². The molecule has 0 saturated carbocycles. The minimum absolute atomic E-state index is 0.586. The first kappa shape index (κ1) is 9.80. The van der Waals surface area contributed by atoms with Gasteiger partial charge in [0.05, 0.1) is 24.9 Å². The number of rotatable bonds is 5. The van der Waals surface area contributed by atoms with Crippen molar-refractivity contribution in [2.45, 2.75) is 13.5 Å². The maximum Gasteiger partial charge on any atom is 0.122 e. The highest BCUT2D eigenvalue weighted by Crippen LogP contribution is 2.11. The summed E-state index contributed by atoms with van der Waals surface area (Å²) in [6.07, 6.45) is 3.61. The predicted octanol–water partition coefficient (Wildman–Crippen LogP) is 0.849. The van der Waals surface area contributed by atoms with E-state index >= 15 is 0 Å². The molecule has 0 radical (unpaired) electrons. The molecule has 0 atom stereocenters. The maximum absolute atomic E-state index is 5.39. The second kappa shape index (κ2) is 4.67. The Hall–Kier alpha value is -1.29. The smallest absolute Gasteiger partial charge is 0.122 e. The molecule has 1 aromatic heterocycles. The second-order valence-corrected chi connectivity index (χ2v) is 2.64. The Bertz CT molecular complexity index is 280. The van der Waals surface area contributed by atoms with Crippen LogP contribution < -0.4 is 5.73 Å². The van der Waals surface area contributed by atoms with Gasteiger partial charge in [-0.1, -0.05) is 6.58 Å². The first-order chi connectivity index (χ1) is 6.27. The van der Waals surface area contributed by atoms with Crippen LogP contribution in [0.1, 0.15) is 12.5 Å². The van der Waals surface area contributed by atoms with Crippen LogP contribution in [0.3, 0.4) is 0 Å². The number of ether oxygens (including phenoxy) is 1. The Balaban J connectivity index is 2.62. The van der Waals surface area contributed by atoms with Crippen molar-refractivity contribution in [1.29, 1.82) is 0 Å². The summed E-state index contributed by atoms with van der Waals surface area (Å²) in [5, 5.41) is 4.11. The molecule has 72 valence electrons. The molecule has 0 aliphatic heterocycles. The monoisotopic (exact) mass is 181 g/mol. The van der Waals surface area contributed by atoms with Crippen LogP contribution >= 0.6 is 0 Å². The standard InChI is InChI=1S/C9H15N3O/c1-3-13-8(2)9-6-11-12(7-9)5-4-10/h6-7H,2-5,10H2,1H3. The third kappa shape index (κ3) is 2.59. The zero-order chi connectivity index (χ0) is 9.68. The maximum atomic E-state index is 5.39. The molecule has 1 heterocycles. The van der Waals surface area contributed by atoms with Gasteiger partial charge in [0, 0.05) is 12.7 Å². The highest BCUT2D eigenvalue weighted by Gasteiger charge is 2.01. The Kier molecular flexibility index (Phi) is 3.52. The van der Waals surface area contributed by atoms with Gasteiger partial charge in [0.2, 0.25) is 0 Å². The molecule has 2 N–H and O–H groups in total. The summed E-state index contributed by atoms with van der Waals surface area (Å²) >= 11 is 0. The molecule has 13 heavy (non-hydrogen) atoms. The van der Waals surface area contributed by atoms with E-state index in [9.17, 15) is 0 Å². The summed E-state index contributed by atoms with van der Waals surface area (Å²) in [6, 6.07) is 0. The summed E-state index contributed by atoms with van der Waals surface area (Å²) in [5.74, 6) is 0.658. The lowest BCUT2D eigenvalue weighted by Crippen LogP contribution is -2.09. The fraction of sp³-hybridized carbons (Fsp3) is 0.444. The van der Waals surface area contributed by atoms with Crippen molar-refractivity contribution in [2.24, 2.45) is 5.73 Å². The van der Waals surface area contributed by atoms with Crippen LogP contribution in [-0.4, -0.2) is 22.9 Å². The van der Waals surface area contributed by atoms with Gasteiger partial charge in [0.25, 0.3) is 0 Å². The lowest BCUT2D eigenvalue weighted by molar-refractivity contribution is 0.299. The minimum atomic E-state index is 0.586. The minimum Gasteiger partial charge on any atom is -0.494 e. The van der Waals surface area contributed by atoms with E-state index < -0.39 is 0 Å². The van der Waals surface area contributed by atoms with E-state index in [-0.39, 0.29) is 0 Å². The van der Waals surface area contributed by atoms with E-state index in [0.29, 0.717) is 18.9 Å². The summed E-state index contributed by atoms with van der Waals surface area (Å²) in [4.78, 5) is 0. The van der Waals surface area contributed by atoms with Crippen LogP contribution in [0, 0.1) is 0 Å². The van der Waals surface area contributed by atoms with E-state index in [1.807, 2.05) is 13.1 Å². The van der Waals surface area contributed by atoms with Crippen LogP contribution in [0.5, 0.6) is 0 Å². The van der Waals surface area contributed by atoms with Crippen LogP contribution in [0.25, 0.3) is 5.76 Å². The average molecular weight is 181 g/mol. The summed E-state index contributed by atoms with van der Waals surface area (Å²) < 4.78 is 7.02. The van der Waals surface area contributed by atoms with Crippen LogP contribution in [0.15, 0.2) is 19.0 Å². The van der Waals surface area contributed by atoms with Gasteiger partial charge < -0.3 is 10.5 Å². The topological polar surface area (TPSA) is 53.1 Å². The van der Waals surface area contributed by atoms with E-state index in [4.69, 9.17) is 10.5 Å². The molecule has 0 aromatic carbocycles. The van der Waals surface area contributed by atoms with Crippen molar-refractivity contribution in [3.63, 3.8) is 0 Å². The third-order valence-electron chi connectivity index (χ3n) is 1.63. The molecule has 0 aliphatic carbocycles. The van der Waals surface area contributed by atoms with Gasteiger partial charge in [-0.05, 0) is 6.92 Å². The molecular formula is C9H15N3O. The van der Waals surface area contributed by atoms with Crippen LogP contribution in [-0.2, 0) is 11.3 Å². The SMILES string of the molecule is C=C(OCC)c1cnn(CCN)c1. The third-order valence-corrected chi connectivity index (χ3v) is 1.63. The Morgan fingerprint density at radius 2 is 2.54 bits per heavy atom. The van der Waals surface area contributed by atoms with Crippen molar-refractivity contribution in [1.82, 2.24) is 9.78 Å². The molecule has 4 nitrogen and oxygen atoms in total. The molecule has 0 aliphatic rings. The fourth-order valence-corrected chi connectivity index (χ4v) is 1.02. The molecule has 4 heteroatoms. The molecule has 0 bridgehead atoms. The van der Waals surface area contributed by atoms with Crippen molar-refractivity contribution in [3.8, 4) is 0 Å². The van der Waals surface area contributed by atoms with Gasteiger partial charge in [-0.15, -0.1) is 0 Å². The van der Waals surface area contributed by atoms with Gasteiger partial charge in [0.1, 0.15) is 5.76 Å². The second-order valence-electron chi connectivity index (χ2n) is 2.64. The molecule has 0 saturated heterocycles. The van der Waals surface area contributed by atoms with Crippen LogP contribution in [0.4, 0.5) is 0 Å². The van der Waals surface area contributed by atoms with E-state index in [2.05, 4.69) is 11.7 Å². The highest BCUT2D eigenvalue weighted by molar-refractivity contribution is 5.55. The molecule has 1 aromatic rings. The van der Waals surface area contributed by atoms with Crippen molar-refractivity contribution < 1.29 is 4.74 Å². The van der Waals surface area contributed by atoms with Crippen molar-refractivity contribution >= 4 is 5.76 Å². The average Bonchev–Trinajstić information content (AvgIpc) is 2.54. The quantitative estimate of drug-likeness (QED) is 0.685. The normalized spacial score (nSPS) is 10.0. The highest BCUT2D eigenvalue weighted by atomic mass is 16.5. The number of hydrogen-bond acceptors (Lipinski definition) is 3. The summed E-state index contributed by atoms with van der Waals surface area (Å²) in [7, 11) is 0. The van der Waals surface area contributed by atoms with Gasteiger partial charge in [-0.3, -0.25) is 4.68 Å². The molecule has 0 unspecified atom stereocenters. The van der Waals surface area contributed by atoms with E-state index in [1.165, 1.54) is 0 Å². The number of nitrogens with two attached hydrogens (primary N) is 1. The largest absolute Gasteiger partial charge is 0.494 e. The van der Waals surface area contributed by atoms with Crippen molar-refractivity contribution in [2.75, 3.05) is 13.2 Å². The summed E-state index contributed by atoms with van der Waals surface area (Å²) in [5.41, 5.74) is 6.30. The molecular weight excluding hydrogens is 166 g/mol. The zero-order valence-corrected chi connectivity index (χ0v) is 7.86. The molecule has 1 rings (SSSR count). The fourth-order valence-electron chi connectivity index (χ4n) is 1.02. The molecule has 0 spiro atoms. The first-order valence-electron chi connectivity index (χ1n) is 4.32. The lowest BCUT2D eigenvalue weighted by atomic mass is 10.3. The molecule has 0 fully saturated rings. The van der Waals surface area contributed by atoms with Gasteiger partial charge in [-0.25, -0.2) is 0 Å². The Labute approximate surface area is 78.0 Å². The predicted molar refractivity (Wildman–Crippen MR) is 51.9 cm³/mol. The van der Waals surface area contributed by atoms with Gasteiger partial charge in [-0.2, -0.15) is 5.10 Å².